The van der Waals surface area contributed by atoms with E-state index in [1.807, 2.05) is 12.1 Å². The van der Waals surface area contributed by atoms with Crippen LogP contribution in [-0.4, -0.2) is 19.2 Å². The number of ether oxygens (including phenoxy) is 3. The summed E-state index contributed by atoms with van der Waals surface area (Å²) in [5, 5.41) is 0. The predicted octanol–water partition coefficient (Wildman–Crippen LogP) is 4.35. The van der Waals surface area contributed by atoms with Crippen molar-refractivity contribution < 1.29 is 23.8 Å². The van der Waals surface area contributed by atoms with Crippen LogP contribution in [0.5, 0.6) is 11.5 Å². The van der Waals surface area contributed by atoms with Crippen molar-refractivity contribution in [2.24, 2.45) is 0 Å². The molecule has 0 bridgehead atoms. The van der Waals surface area contributed by atoms with Gasteiger partial charge in [-0.05, 0) is 35.2 Å². The first-order chi connectivity index (χ1) is 11.3. The highest BCUT2D eigenvalue weighted by Crippen LogP contribution is 2.25. The van der Waals surface area contributed by atoms with Gasteiger partial charge in [0.15, 0.2) is 0 Å². The van der Waals surface area contributed by atoms with E-state index in [4.69, 9.17) is 9.47 Å². The first-order valence-electron chi connectivity index (χ1n) is 7.49. The monoisotopic (exact) mass is 328 g/mol. The fourth-order valence-electron chi connectivity index (χ4n) is 2.06. The SMILES string of the molecule is COC(=O)c1ccccc1OC(=O)Oc1ccc(C(C)(C)C)cc1. The largest absolute Gasteiger partial charge is 0.519 e. The lowest BCUT2D eigenvalue weighted by Gasteiger charge is -2.18. The number of rotatable bonds is 3. The molecular weight excluding hydrogens is 308 g/mol. The zero-order valence-electron chi connectivity index (χ0n) is 14.2. The smallest absolute Gasteiger partial charge is 0.465 e. The Bertz CT molecular complexity index is 726. The van der Waals surface area contributed by atoms with E-state index in [2.05, 4.69) is 25.5 Å². The van der Waals surface area contributed by atoms with Crippen molar-refractivity contribution in [1.29, 1.82) is 0 Å². The molecule has 0 radical (unpaired) electrons. The number of carbonyl (C=O) groups excluding carboxylic acids is 2. The van der Waals surface area contributed by atoms with E-state index < -0.39 is 12.1 Å². The van der Waals surface area contributed by atoms with E-state index in [0.717, 1.165) is 5.56 Å². The summed E-state index contributed by atoms with van der Waals surface area (Å²) in [6.45, 7) is 6.29. The van der Waals surface area contributed by atoms with Gasteiger partial charge in [-0.2, -0.15) is 0 Å². The average molecular weight is 328 g/mol. The van der Waals surface area contributed by atoms with Gasteiger partial charge in [-0.3, -0.25) is 0 Å². The summed E-state index contributed by atoms with van der Waals surface area (Å²) in [6, 6.07) is 13.5. The van der Waals surface area contributed by atoms with E-state index in [9.17, 15) is 9.59 Å². The summed E-state index contributed by atoms with van der Waals surface area (Å²) in [7, 11) is 1.26. The van der Waals surface area contributed by atoms with Crippen LogP contribution in [0.25, 0.3) is 0 Å². The summed E-state index contributed by atoms with van der Waals surface area (Å²) < 4.78 is 14.9. The Kier molecular flexibility index (Phi) is 5.24. The maximum atomic E-state index is 11.9. The molecule has 0 saturated carbocycles. The van der Waals surface area contributed by atoms with Crippen molar-refractivity contribution >= 4 is 12.1 Å². The van der Waals surface area contributed by atoms with E-state index in [1.54, 1.807) is 24.3 Å². The van der Waals surface area contributed by atoms with Crippen LogP contribution in [0.15, 0.2) is 48.5 Å². The second-order valence-electron chi connectivity index (χ2n) is 6.22. The van der Waals surface area contributed by atoms with Gasteiger partial charge in [-0.1, -0.05) is 45.0 Å². The van der Waals surface area contributed by atoms with Gasteiger partial charge in [0, 0.05) is 0 Å². The van der Waals surface area contributed by atoms with Crippen LogP contribution in [0.3, 0.4) is 0 Å². The molecule has 5 nitrogen and oxygen atoms in total. The third-order valence-corrected chi connectivity index (χ3v) is 3.41. The van der Waals surface area contributed by atoms with Gasteiger partial charge in [0.05, 0.1) is 7.11 Å². The zero-order chi connectivity index (χ0) is 17.7. The molecule has 0 aliphatic rings. The van der Waals surface area contributed by atoms with Crippen molar-refractivity contribution in [2.45, 2.75) is 26.2 Å². The topological polar surface area (TPSA) is 61.8 Å². The summed E-state index contributed by atoms with van der Waals surface area (Å²) in [4.78, 5) is 23.6. The first-order valence-corrected chi connectivity index (χ1v) is 7.49. The van der Waals surface area contributed by atoms with Gasteiger partial charge in [-0.15, -0.1) is 0 Å². The maximum absolute atomic E-state index is 11.9. The zero-order valence-corrected chi connectivity index (χ0v) is 14.2. The van der Waals surface area contributed by atoms with Crippen LogP contribution in [0.2, 0.25) is 0 Å². The van der Waals surface area contributed by atoms with Crippen molar-refractivity contribution in [2.75, 3.05) is 7.11 Å². The third kappa shape index (κ3) is 4.35. The molecule has 0 aliphatic heterocycles. The van der Waals surface area contributed by atoms with Gasteiger partial charge in [0.1, 0.15) is 17.1 Å². The minimum Gasteiger partial charge on any atom is -0.465 e. The van der Waals surface area contributed by atoms with Gasteiger partial charge in [0.2, 0.25) is 0 Å². The van der Waals surface area contributed by atoms with Crippen molar-refractivity contribution in [3.05, 3.63) is 59.7 Å². The minimum atomic E-state index is -0.921. The second-order valence-corrected chi connectivity index (χ2v) is 6.22. The van der Waals surface area contributed by atoms with Crippen LogP contribution < -0.4 is 9.47 Å². The van der Waals surface area contributed by atoms with E-state index >= 15 is 0 Å². The highest BCUT2D eigenvalue weighted by molar-refractivity contribution is 5.93. The van der Waals surface area contributed by atoms with Crippen LogP contribution in [0.1, 0.15) is 36.7 Å². The molecule has 5 heteroatoms. The van der Waals surface area contributed by atoms with Gasteiger partial charge < -0.3 is 14.2 Å². The molecule has 0 aromatic heterocycles. The summed E-state index contributed by atoms with van der Waals surface area (Å²) in [5.41, 5.74) is 1.29. The molecule has 2 aromatic rings. The number of benzene rings is 2. The molecule has 0 fully saturated rings. The Balaban J connectivity index is 2.08. The van der Waals surface area contributed by atoms with Crippen molar-refractivity contribution in [3.8, 4) is 11.5 Å². The number of methoxy groups -OCH3 is 1. The van der Waals surface area contributed by atoms with Crippen LogP contribution in [0.4, 0.5) is 4.79 Å². The molecular formula is C19H20O5. The summed E-state index contributed by atoms with van der Waals surface area (Å²) >= 11 is 0. The molecule has 0 heterocycles. The Hall–Kier alpha value is -2.82. The number of para-hydroxylation sites is 1. The van der Waals surface area contributed by atoms with Crippen LogP contribution >= 0.6 is 0 Å². The number of esters is 1. The molecule has 2 aromatic carbocycles. The average Bonchev–Trinajstić information content (AvgIpc) is 2.54. The standard InChI is InChI=1S/C19H20O5/c1-19(2,3)13-9-11-14(12-10-13)23-18(21)24-16-8-6-5-7-15(16)17(20)22-4/h5-12H,1-4H3. The maximum Gasteiger partial charge on any atom is 0.519 e. The third-order valence-electron chi connectivity index (χ3n) is 3.41. The highest BCUT2D eigenvalue weighted by atomic mass is 16.7. The second kappa shape index (κ2) is 7.17. The lowest BCUT2D eigenvalue weighted by Crippen LogP contribution is -2.16. The van der Waals surface area contributed by atoms with Gasteiger partial charge >= 0.3 is 12.1 Å². The van der Waals surface area contributed by atoms with Crippen LogP contribution in [-0.2, 0) is 10.2 Å². The molecule has 0 spiro atoms. The Morgan fingerprint density at radius 3 is 2.08 bits per heavy atom. The van der Waals surface area contributed by atoms with E-state index in [0.29, 0.717) is 5.75 Å². The fraction of sp³-hybridized carbons (Fsp3) is 0.263. The lowest BCUT2D eigenvalue weighted by atomic mass is 9.87. The predicted molar refractivity (Wildman–Crippen MR) is 89.6 cm³/mol. The Labute approximate surface area is 141 Å². The highest BCUT2D eigenvalue weighted by Gasteiger charge is 2.17. The Morgan fingerprint density at radius 2 is 1.50 bits per heavy atom. The molecule has 2 rings (SSSR count). The fourth-order valence-corrected chi connectivity index (χ4v) is 2.06. The number of carbonyl (C=O) groups is 2. The molecule has 0 N–H and O–H groups in total. The summed E-state index contributed by atoms with van der Waals surface area (Å²) in [6.07, 6.45) is -0.921. The normalized spacial score (nSPS) is 10.8. The first kappa shape index (κ1) is 17.5. The molecule has 0 saturated heterocycles. The van der Waals surface area contributed by atoms with Crippen LogP contribution in [0, 0.1) is 0 Å². The Morgan fingerprint density at radius 1 is 0.875 bits per heavy atom. The molecule has 0 unspecified atom stereocenters. The van der Waals surface area contributed by atoms with E-state index in [1.165, 1.54) is 19.2 Å². The van der Waals surface area contributed by atoms with Crippen molar-refractivity contribution in [3.63, 3.8) is 0 Å². The molecule has 126 valence electrons. The number of hydrogen-bond donors (Lipinski definition) is 0. The number of hydrogen-bond acceptors (Lipinski definition) is 5. The minimum absolute atomic E-state index is 0.0124. The van der Waals surface area contributed by atoms with Crippen molar-refractivity contribution in [1.82, 2.24) is 0 Å². The molecule has 0 atom stereocenters. The molecule has 0 aliphatic carbocycles. The quantitative estimate of drug-likeness (QED) is 0.619. The molecule has 0 amide bonds. The van der Waals surface area contributed by atoms with Gasteiger partial charge in [-0.25, -0.2) is 9.59 Å². The lowest BCUT2D eigenvalue weighted by molar-refractivity contribution is 0.0597. The molecule has 24 heavy (non-hydrogen) atoms. The summed E-state index contributed by atoms with van der Waals surface area (Å²) in [5.74, 6) is -0.142. The van der Waals surface area contributed by atoms with Gasteiger partial charge in [0.25, 0.3) is 0 Å². The van der Waals surface area contributed by atoms with E-state index in [-0.39, 0.29) is 16.7 Å².